The van der Waals surface area contributed by atoms with Gasteiger partial charge in [0.1, 0.15) is 0 Å². The Morgan fingerprint density at radius 1 is 0.933 bits per heavy atom. The molecule has 3 nitrogen and oxygen atoms in total. The number of aliphatic hydroxyl groups excluding tert-OH is 2. The Balaban J connectivity index is 2.55. The minimum atomic E-state index is -5.86. The minimum Gasteiger partial charge on any atom is -0.389 e. The first-order valence-electron chi connectivity index (χ1n) is 9.87. The molecular formula is C21H30F6O3. The van der Waals surface area contributed by atoms with Gasteiger partial charge in [0.05, 0.1) is 12.2 Å². The molecular weight excluding hydrogens is 414 g/mol. The molecule has 0 aliphatic heterocycles. The van der Waals surface area contributed by atoms with Gasteiger partial charge in [-0.25, -0.2) is 0 Å². The standard InChI is InChI=1S/C21H30F6O3/c1-18(2,13-8-14-19(30,20(22,23)24)21(25,26)27)12-6-4-3-5-9-15-16(28)10-7-11-17(15)29/h3,5,8-9,14,16-17,28-30H,4,6-7,10-13H2,1-2H3. The largest absolute Gasteiger partial charge is 0.429 e. The maximum Gasteiger partial charge on any atom is 0.429 e. The number of halogens is 6. The molecule has 1 fully saturated rings. The van der Waals surface area contributed by atoms with Crippen LogP contribution in [0.4, 0.5) is 26.3 Å². The van der Waals surface area contributed by atoms with Gasteiger partial charge in [0.2, 0.25) is 0 Å². The van der Waals surface area contributed by atoms with Gasteiger partial charge in [-0.1, -0.05) is 38.2 Å². The smallest absolute Gasteiger partial charge is 0.389 e. The third-order valence-electron chi connectivity index (χ3n) is 5.27. The van der Waals surface area contributed by atoms with Gasteiger partial charge in [0.15, 0.2) is 0 Å². The molecule has 1 aliphatic carbocycles. The van der Waals surface area contributed by atoms with Crippen molar-refractivity contribution in [3.63, 3.8) is 0 Å². The first kappa shape index (κ1) is 26.7. The highest BCUT2D eigenvalue weighted by atomic mass is 19.4. The number of rotatable bonds is 8. The fraction of sp³-hybridized carbons (Fsp3) is 0.714. The lowest BCUT2D eigenvalue weighted by molar-refractivity contribution is -0.347. The highest BCUT2D eigenvalue weighted by Crippen LogP contribution is 2.44. The Kier molecular flexibility index (Phi) is 9.20. The molecule has 30 heavy (non-hydrogen) atoms. The Bertz CT molecular complexity index is 606. The van der Waals surface area contributed by atoms with Crippen LogP contribution in [-0.2, 0) is 0 Å². The second kappa shape index (κ2) is 10.3. The van der Waals surface area contributed by atoms with Crippen LogP contribution in [0.15, 0.2) is 36.0 Å². The molecule has 0 saturated heterocycles. The Morgan fingerprint density at radius 2 is 1.47 bits per heavy atom. The van der Waals surface area contributed by atoms with Crippen molar-refractivity contribution in [2.24, 2.45) is 5.41 Å². The molecule has 0 bridgehead atoms. The third kappa shape index (κ3) is 7.42. The van der Waals surface area contributed by atoms with Gasteiger partial charge in [-0.15, -0.1) is 0 Å². The SMILES string of the molecule is CC(C)(CC=CC(O)(C(F)(F)F)C(F)(F)F)CCCC=CC=C1C(O)CCCC1O. The summed E-state index contributed by atoms with van der Waals surface area (Å²) in [5, 5.41) is 28.8. The summed E-state index contributed by atoms with van der Waals surface area (Å²) in [5.74, 6) is 0. The topological polar surface area (TPSA) is 60.7 Å². The second-order valence-electron chi connectivity index (χ2n) is 8.48. The quantitative estimate of drug-likeness (QED) is 0.268. The van der Waals surface area contributed by atoms with Crippen LogP contribution in [0.25, 0.3) is 0 Å². The Hall–Kier alpha value is -1.32. The zero-order chi connectivity index (χ0) is 23.2. The van der Waals surface area contributed by atoms with Crippen molar-refractivity contribution in [2.75, 3.05) is 0 Å². The fourth-order valence-corrected chi connectivity index (χ4v) is 3.26. The number of hydrogen-bond acceptors (Lipinski definition) is 3. The number of unbranched alkanes of at least 4 members (excludes halogenated alkanes) is 1. The van der Waals surface area contributed by atoms with Crippen LogP contribution < -0.4 is 0 Å². The van der Waals surface area contributed by atoms with Crippen molar-refractivity contribution in [1.82, 2.24) is 0 Å². The van der Waals surface area contributed by atoms with E-state index >= 15 is 0 Å². The van der Waals surface area contributed by atoms with Crippen LogP contribution in [0.5, 0.6) is 0 Å². The summed E-state index contributed by atoms with van der Waals surface area (Å²) in [4.78, 5) is 0. The summed E-state index contributed by atoms with van der Waals surface area (Å²) in [6.07, 6.45) is -3.55. The van der Waals surface area contributed by atoms with E-state index in [1.807, 2.05) is 6.08 Å². The van der Waals surface area contributed by atoms with Gasteiger partial charge < -0.3 is 15.3 Å². The zero-order valence-corrected chi connectivity index (χ0v) is 17.1. The van der Waals surface area contributed by atoms with E-state index < -0.39 is 35.6 Å². The van der Waals surface area contributed by atoms with Crippen LogP contribution in [-0.4, -0.2) is 45.5 Å². The summed E-state index contributed by atoms with van der Waals surface area (Å²) in [7, 11) is 0. The van der Waals surface area contributed by atoms with Crippen LogP contribution in [0, 0.1) is 5.41 Å². The Morgan fingerprint density at radius 3 is 1.97 bits per heavy atom. The summed E-state index contributed by atoms with van der Waals surface area (Å²) < 4.78 is 76.0. The highest BCUT2D eigenvalue weighted by Gasteiger charge is 2.68. The van der Waals surface area contributed by atoms with E-state index in [4.69, 9.17) is 5.11 Å². The predicted molar refractivity (Wildman–Crippen MR) is 102 cm³/mol. The molecule has 0 aromatic carbocycles. The van der Waals surface area contributed by atoms with Gasteiger partial charge in [0, 0.05) is 0 Å². The lowest BCUT2D eigenvalue weighted by Crippen LogP contribution is -2.55. The van der Waals surface area contributed by atoms with Crippen LogP contribution in [0.1, 0.15) is 58.8 Å². The third-order valence-corrected chi connectivity index (χ3v) is 5.27. The van der Waals surface area contributed by atoms with E-state index in [0.29, 0.717) is 37.7 Å². The Labute approximate surface area is 172 Å². The number of allylic oxidation sites excluding steroid dienone is 4. The number of hydrogen-bond donors (Lipinski definition) is 3. The molecule has 1 aliphatic rings. The molecule has 1 rings (SSSR count). The number of alkyl halides is 6. The van der Waals surface area contributed by atoms with Crippen LogP contribution in [0.3, 0.4) is 0 Å². The molecule has 0 amide bonds. The first-order valence-corrected chi connectivity index (χ1v) is 9.87. The minimum absolute atomic E-state index is 0.0619. The van der Waals surface area contributed by atoms with E-state index in [1.54, 1.807) is 26.0 Å². The summed E-state index contributed by atoms with van der Waals surface area (Å²) in [6.45, 7) is 3.44. The maximum absolute atomic E-state index is 12.7. The van der Waals surface area contributed by atoms with E-state index in [9.17, 15) is 36.6 Å². The highest BCUT2D eigenvalue weighted by molar-refractivity contribution is 5.21. The first-order chi connectivity index (χ1) is 13.6. The lowest BCUT2D eigenvalue weighted by Gasteiger charge is -2.30. The molecule has 174 valence electrons. The van der Waals surface area contributed by atoms with Crippen LogP contribution in [0.2, 0.25) is 0 Å². The van der Waals surface area contributed by atoms with Gasteiger partial charge in [0.25, 0.3) is 5.60 Å². The molecule has 2 atom stereocenters. The second-order valence-corrected chi connectivity index (χ2v) is 8.48. The van der Waals surface area contributed by atoms with Gasteiger partial charge in [-0.05, 0) is 62.0 Å². The molecule has 0 aromatic heterocycles. The molecule has 3 N–H and O–H groups in total. The number of aliphatic hydroxyl groups is 3. The van der Waals surface area contributed by atoms with Crippen molar-refractivity contribution < 1.29 is 41.7 Å². The molecule has 9 heteroatoms. The average molecular weight is 444 g/mol. The molecule has 0 spiro atoms. The monoisotopic (exact) mass is 444 g/mol. The average Bonchev–Trinajstić information content (AvgIpc) is 2.57. The van der Waals surface area contributed by atoms with Crippen molar-refractivity contribution in [3.8, 4) is 0 Å². The lowest BCUT2D eigenvalue weighted by atomic mass is 9.83. The normalized spacial score (nSPS) is 22.3. The molecule has 0 heterocycles. The van der Waals surface area contributed by atoms with Gasteiger partial charge in [-0.3, -0.25) is 0 Å². The van der Waals surface area contributed by atoms with Crippen molar-refractivity contribution in [1.29, 1.82) is 0 Å². The van der Waals surface area contributed by atoms with Crippen molar-refractivity contribution in [2.45, 2.75) is 89.0 Å². The molecule has 1 saturated carbocycles. The summed E-state index contributed by atoms with van der Waals surface area (Å²) in [5.41, 5.74) is -4.85. The van der Waals surface area contributed by atoms with Crippen LogP contribution >= 0.6 is 0 Å². The van der Waals surface area contributed by atoms with Crippen molar-refractivity contribution in [3.05, 3.63) is 36.0 Å². The summed E-state index contributed by atoms with van der Waals surface area (Å²) in [6, 6.07) is 0. The van der Waals surface area contributed by atoms with Gasteiger partial charge >= 0.3 is 12.4 Å². The predicted octanol–water partition coefficient (Wildman–Crippen LogP) is 5.37. The summed E-state index contributed by atoms with van der Waals surface area (Å²) >= 11 is 0. The van der Waals surface area contributed by atoms with E-state index in [0.717, 1.165) is 12.5 Å². The maximum atomic E-state index is 12.7. The molecule has 0 radical (unpaired) electrons. The van der Waals surface area contributed by atoms with Gasteiger partial charge in [-0.2, -0.15) is 26.3 Å². The van der Waals surface area contributed by atoms with E-state index in [-0.39, 0.29) is 12.5 Å². The van der Waals surface area contributed by atoms with Crippen molar-refractivity contribution >= 4 is 0 Å². The molecule has 2 unspecified atom stereocenters. The fourth-order valence-electron chi connectivity index (χ4n) is 3.26. The zero-order valence-electron chi connectivity index (χ0n) is 17.1. The molecule has 0 aromatic rings. The van der Waals surface area contributed by atoms with E-state index in [1.165, 1.54) is 0 Å². The van der Waals surface area contributed by atoms with E-state index in [2.05, 4.69) is 0 Å².